The molecule has 0 saturated heterocycles. The molecule has 0 saturated carbocycles. The van der Waals surface area contributed by atoms with Gasteiger partial charge in [-0.25, -0.2) is 0 Å². The molecule has 0 aromatic rings. The standard InChI is InChI=1S/Li.Mg.4Na.H4O7P2.O4Si/c;;;;;;1-8(2,3)7-9(4,5)6;1-5(2,3)4/h;;;;;;(H2,1,2,3)(H2,4,5,6);/q+1;+2;4*+1;;-4/p-3. The van der Waals surface area contributed by atoms with Crippen LogP contribution in [0, 0.1) is 0 Å². The Kier molecular flexibility index (Phi) is 56.8. The Morgan fingerprint density at radius 1 is 0.850 bits per heavy atom. The normalized spacial score (nSPS) is 11.6. The first kappa shape index (κ1) is 50.0. The average molecular weight is 390 g/mol. The van der Waals surface area contributed by atoms with E-state index in [1.807, 2.05) is 0 Å². The van der Waals surface area contributed by atoms with Crippen LogP contribution in [0.1, 0.15) is 0 Å². The van der Waals surface area contributed by atoms with Crippen molar-refractivity contribution in [2.45, 2.75) is 0 Å². The molecule has 0 bridgehead atoms. The Morgan fingerprint density at radius 2 is 1.00 bits per heavy atom. The van der Waals surface area contributed by atoms with E-state index in [1.165, 1.54) is 0 Å². The number of hydrogen-bond donors (Lipinski definition) is 1. The fraction of sp³-hybridized carbons (Fsp3) is 0. The van der Waals surface area contributed by atoms with E-state index in [0.717, 1.165) is 0 Å². The van der Waals surface area contributed by atoms with Crippen molar-refractivity contribution in [2.24, 2.45) is 0 Å². The van der Waals surface area contributed by atoms with Crippen molar-refractivity contribution in [1.29, 1.82) is 0 Å². The van der Waals surface area contributed by atoms with E-state index in [2.05, 4.69) is 4.31 Å². The van der Waals surface area contributed by atoms with Crippen LogP contribution in [-0.4, -0.2) is 37.0 Å². The molecule has 0 aliphatic heterocycles. The quantitative estimate of drug-likeness (QED) is 0.344. The smallest absolute Gasteiger partial charge is 0.894 e. The van der Waals surface area contributed by atoms with Crippen molar-refractivity contribution in [3.05, 3.63) is 0 Å². The molecule has 1 atom stereocenters. The summed E-state index contributed by atoms with van der Waals surface area (Å²) >= 11 is 0. The van der Waals surface area contributed by atoms with Crippen molar-refractivity contribution in [3.8, 4) is 0 Å². The minimum atomic E-state index is -5.61. The molecule has 0 aliphatic rings. The summed E-state index contributed by atoms with van der Waals surface area (Å²) in [6, 6.07) is 0. The van der Waals surface area contributed by atoms with Crippen LogP contribution in [0.4, 0.5) is 0 Å². The fourth-order valence-electron chi connectivity index (χ4n) is 0.126. The first-order valence-electron chi connectivity index (χ1n) is 2.29. The zero-order valence-corrected chi connectivity index (χ0v) is 23.8. The second-order valence-electron chi connectivity index (χ2n) is 1.50. The maximum absolute atomic E-state index is 9.44. The maximum Gasteiger partial charge on any atom is 2.00 e. The van der Waals surface area contributed by atoms with E-state index in [1.54, 1.807) is 0 Å². The van der Waals surface area contributed by atoms with Gasteiger partial charge in [0.05, 0.1) is 7.82 Å². The predicted molar refractivity (Wildman–Crippen MR) is 30.0 cm³/mol. The zero-order valence-electron chi connectivity index (χ0n) is 11.6. The third-order valence-corrected chi connectivity index (χ3v) is 1.83. The molecular formula is HLiMgNa4O11P2Si. The second-order valence-corrected chi connectivity index (χ2v) is 4.98. The van der Waals surface area contributed by atoms with Gasteiger partial charge in [-0.2, -0.15) is 0 Å². The summed E-state index contributed by atoms with van der Waals surface area (Å²) in [5.41, 5.74) is 0. The monoisotopic (exact) mass is 390 g/mol. The minimum absolute atomic E-state index is 0. The molecule has 0 fully saturated rings. The van der Waals surface area contributed by atoms with Gasteiger partial charge in [0.2, 0.25) is 0 Å². The molecule has 0 spiro atoms. The number of rotatable bonds is 2. The predicted octanol–water partition coefficient (Wildman–Crippen LogP) is -23.2. The van der Waals surface area contributed by atoms with E-state index in [9.17, 15) is 23.8 Å². The molecule has 0 aliphatic carbocycles. The topological polar surface area (TPSA) is 225 Å². The van der Waals surface area contributed by atoms with Crippen molar-refractivity contribution >= 4 is 47.7 Å². The summed E-state index contributed by atoms with van der Waals surface area (Å²) in [6.07, 6.45) is 0. The molecule has 11 nitrogen and oxygen atoms in total. The van der Waals surface area contributed by atoms with Crippen LogP contribution in [0.5, 0.6) is 0 Å². The summed E-state index contributed by atoms with van der Waals surface area (Å²) in [4.78, 5) is 70.0. The van der Waals surface area contributed by atoms with Gasteiger partial charge in [-0.05, 0) is 0 Å². The van der Waals surface area contributed by atoms with E-state index in [0.29, 0.717) is 0 Å². The molecule has 0 rings (SSSR count). The molecule has 0 heterocycles. The minimum Gasteiger partial charge on any atom is -0.894 e. The molecule has 0 aromatic heterocycles. The van der Waals surface area contributed by atoms with Crippen LogP contribution < -0.4 is 171 Å². The first-order chi connectivity index (χ1) is 5.71. The fourth-order valence-corrected chi connectivity index (χ4v) is 1.14. The molecular weight excluding hydrogens is 389 g/mol. The van der Waals surface area contributed by atoms with Crippen LogP contribution in [0.3, 0.4) is 0 Å². The average Bonchev–Trinajstić information content (AvgIpc) is 1.42. The van der Waals surface area contributed by atoms with Crippen LogP contribution in [0.2, 0.25) is 0 Å². The molecule has 1 unspecified atom stereocenters. The van der Waals surface area contributed by atoms with Crippen LogP contribution >= 0.6 is 15.6 Å². The van der Waals surface area contributed by atoms with Gasteiger partial charge >= 0.3 is 160 Å². The van der Waals surface area contributed by atoms with Gasteiger partial charge in [-0.1, -0.05) is 0 Å². The third kappa shape index (κ3) is 89.3. The summed E-state index contributed by atoms with van der Waals surface area (Å²) in [5, 5.41) is 0. The molecule has 0 amide bonds. The van der Waals surface area contributed by atoms with Crippen LogP contribution in [-0.2, 0) is 13.4 Å². The second kappa shape index (κ2) is 22.7. The first-order valence-corrected chi connectivity index (χ1v) is 6.88. The Hall–Kier alpha value is 5.68. The largest absolute Gasteiger partial charge is 2.00 e. The van der Waals surface area contributed by atoms with Gasteiger partial charge in [0.15, 0.2) is 0 Å². The molecule has 0 radical (unpaired) electrons. The van der Waals surface area contributed by atoms with Crippen molar-refractivity contribution in [2.75, 3.05) is 0 Å². The molecule has 88 valence electrons. The van der Waals surface area contributed by atoms with E-state index in [-0.39, 0.29) is 160 Å². The van der Waals surface area contributed by atoms with Crippen molar-refractivity contribution < 1.29 is 189 Å². The van der Waals surface area contributed by atoms with Gasteiger partial charge in [0.1, 0.15) is 0 Å². The maximum atomic E-state index is 9.44. The van der Waals surface area contributed by atoms with Crippen LogP contribution in [0.15, 0.2) is 0 Å². The SMILES string of the molecule is O=P([O-])([O-])OP(=O)([O-])O.[Li+].[Mg+2].[Na+].[Na+].[Na+].[Na+].[O-][Si]([O-])([O-])[O-]. The van der Waals surface area contributed by atoms with E-state index < -0.39 is 24.7 Å². The number of phosphoric acid groups is 2. The van der Waals surface area contributed by atoms with Crippen molar-refractivity contribution in [3.63, 3.8) is 0 Å². The van der Waals surface area contributed by atoms with Gasteiger partial charge in [0, 0.05) is 0 Å². The Bertz CT molecular complexity index is 236. The number of hydrogen-bond acceptors (Lipinski definition) is 10. The summed E-state index contributed by atoms with van der Waals surface area (Å²) in [7, 11) is -16.6. The zero-order chi connectivity index (χ0) is 12.2. The third-order valence-electron chi connectivity index (χ3n) is 0.203. The summed E-state index contributed by atoms with van der Waals surface area (Å²) < 4.78 is 21.4. The Labute approximate surface area is 232 Å². The van der Waals surface area contributed by atoms with E-state index >= 15 is 0 Å². The molecule has 20 heavy (non-hydrogen) atoms. The molecule has 1 N–H and O–H groups in total. The van der Waals surface area contributed by atoms with E-state index in [4.69, 9.17) is 24.1 Å². The van der Waals surface area contributed by atoms with Gasteiger partial charge in [0.25, 0.3) is 7.82 Å². The Balaban J connectivity index is -0.0000000199. The Morgan fingerprint density at radius 3 is 1.00 bits per heavy atom. The van der Waals surface area contributed by atoms with Crippen LogP contribution in [0.25, 0.3) is 0 Å². The van der Waals surface area contributed by atoms with Crippen molar-refractivity contribution in [1.82, 2.24) is 0 Å². The summed E-state index contributed by atoms with van der Waals surface area (Å²) in [5.74, 6) is 0. The van der Waals surface area contributed by atoms with Gasteiger partial charge < -0.3 is 52.4 Å². The molecule has 0 aromatic carbocycles. The van der Waals surface area contributed by atoms with Gasteiger partial charge in [-0.15, -0.1) is 0 Å². The van der Waals surface area contributed by atoms with Gasteiger partial charge in [-0.3, -0.25) is 8.88 Å². The summed E-state index contributed by atoms with van der Waals surface area (Å²) in [6.45, 7) is 0. The molecule has 20 heteroatoms.